The van der Waals surface area contributed by atoms with Gasteiger partial charge in [0.25, 0.3) is 5.91 Å². The number of fused-ring (bicyclic) bond motifs is 2. The van der Waals surface area contributed by atoms with Crippen LogP contribution in [-0.4, -0.2) is 59.7 Å². The molecular formula is C26H30N2O3. The first-order valence-corrected chi connectivity index (χ1v) is 11.2. The van der Waals surface area contributed by atoms with Crippen LogP contribution in [0.4, 0.5) is 0 Å². The summed E-state index contributed by atoms with van der Waals surface area (Å²) in [6, 6.07) is 14.0. The van der Waals surface area contributed by atoms with E-state index in [4.69, 9.17) is 4.74 Å². The van der Waals surface area contributed by atoms with Crippen molar-refractivity contribution in [2.75, 3.05) is 32.8 Å². The van der Waals surface area contributed by atoms with Crippen molar-refractivity contribution in [2.24, 2.45) is 0 Å². The highest BCUT2D eigenvalue weighted by atomic mass is 16.5. The number of ether oxygens (including phenoxy) is 1. The summed E-state index contributed by atoms with van der Waals surface area (Å²) in [5.41, 5.74) is 4.12. The number of aliphatic hydroxyl groups is 1. The maximum atomic E-state index is 13.1. The Labute approximate surface area is 184 Å². The summed E-state index contributed by atoms with van der Waals surface area (Å²) in [5.74, 6) is 6.74. The first-order chi connectivity index (χ1) is 15.1. The molecule has 0 unspecified atom stereocenters. The van der Waals surface area contributed by atoms with Crippen LogP contribution in [0, 0.1) is 11.8 Å². The van der Waals surface area contributed by atoms with Crippen molar-refractivity contribution in [3.63, 3.8) is 0 Å². The van der Waals surface area contributed by atoms with Crippen molar-refractivity contribution >= 4 is 5.91 Å². The minimum atomic E-state index is -0.602. The molecule has 0 bridgehead atoms. The molecule has 0 spiro atoms. The molecule has 162 valence electrons. The van der Waals surface area contributed by atoms with Gasteiger partial charge in [0.2, 0.25) is 0 Å². The zero-order valence-electron chi connectivity index (χ0n) is 18.1. The molecule has 2 aromatic carbocycles. The van der Waals surface area contributed by atoms with Crippen molar-refractivity contribution in [3.05, 3.63) is 64.7 Å². The van der Waals surface area contributed by atoms with Crippen LogP contribution in [0.1, 0.15) is 46.8 Å². The Balaban J connectivity index is 1.38. The van der Waals surface area contributed by atoms with Crippen LogP contribution in [0.3, 0.4) is 0 Å². The predicted octanol–water partition coefficient (Wildman–Crippen LogP) is 3.09. The number of amides is 1. The minimum Gasteiger partial charge on any atom is -0.491 e. The molecule has 1 atom stereocenters. The van der Waals surface area contributed by atoms with E-state index in [9.17, 15) is 9.90 Å². The van der Waals surface area contributed by atoms with Crippen LogP contribution in [0.25, 0.3) is 0 Å². The van der Waals surface area contributed by atoms with E-state index in [0.29, 0.717) is 37.6 Å². The summed E-state index contributed by atoms with van der Waals surface area (Å²) >= 11 is 0. The summed E-state index contributed by atoms with van der Waals surface area (Å²) in [7, 11) is 0. The van der Waals surface area contributed by atoms with Gasteiger partial charge < -0.3 is 14.7 Å². The number of β-amino-alcohol motifs (C(OH)–C–C–N with tert-alkyl or cyclic N) is 1. The third-order valence-electron chi connectivity index (χ3n) is 5.84. The summed E-state index contributed by atoms with van der Waals surface area (Å²) in [5, 5.41) is 10.7. The van der Waals surface area contributed by atoms with Gasteiger partial charge in [-0.2, -0.15) is 0 Å². The SMILES string of the molecule is CCCC#Cc1ccc2c(c1)OCCN(C[C@H](O)CN1CCc3ccccc3C1)C2=O. The lowest BCUT2D eigenvalue weighted by Crippen LogP contribution is -2.44. The van der Waals surface area contributed by atoms with E-state index < -0.39 is 6.10 Å². The number of hydrogen-bond acceptors (Lipinski definition) is 4. The average molecular weight is 419 g/mol. The van der Waals surface area contributed by atoms with Crippen molar-refractivity contribution in [1.29, 1.82) is 0 Å². The molecule has 2 heterocycles. The predicted molar refractivity (Wildman–Crippen MR) is 121 cm³/mol. The smallest absolute Gasteiger partial charge is 0.257 e. The Hall–Kier alpha value is -2.81. The largest absolute Gasteiger partial charge is 0.491 e. The van der Waals surface area contributed by atoms with Gasteiger partial charge in [0.1, 0.15) is 12.4 Å². The van der Waals surface area contributed by atoms with E-state index in [0.717, 1.165) is 37.9 Å². The number of rotatable bonds is 5. The average Bonchev–Trinajstić information content (AvgIpc) is 2.92. The van der Waals surface area contributed by atoms with E-state index >= 15 is 0 Å². The Morgan fingerprint density at radius 2 is 1.97 bits per heavy atom. The number of aliphatic hydroxyl groups excluding tert-OH is 1. The third-order valence-corrected chi connectivity index (χ3v) is 5.84. The van der Waals surface area contributed by atoms with Gasteiger partial charge in [0, 0.05) is 38.2 Å². The summed E-state index contributed by atoms with van der Waals surface area (Å²) < 4.78 is 5.84. The van der Waals surface area contributed by atoms with Gasteiger partial charge >= 0.3 is 0 Å². The van der Waals surface area contributed by atoms with E-state index in [1.165, 1.54) is 11.1 Å². The Morgan fingerprint density at radius 1 is 1.13 bits per heavy atom. The maximum absolute atomic E-state index is 13.1. The van der Waals surface area contributed by atoms with Crippen LogP contribution in [0.5, 0.6) is 5.75 Å². The van der Waals surface area contributed by atoms with Crippen molar-refractivity contribution in [1.82, 2.24) is 9.80 Å². The van der Waals surface area contributed by atoms with Gasteiger partial charge in [0.05, 0.1) is 18.2 Å². The topological polar surface area (TPSA) is 53.0 Å². The molecule has 1 amide bonds. The first-order valence-electron chi connectivity index (χ1n) is 11.2. The summed E-state index contributed by atoms with van der Waals surface area (Å²) in [6.45, 7) is 5.60. The highest BCUT2D eigenvalue weighted by Crippen LogP contribution is 2.25. The molecule has 5 heteroatoms. The van der Waals surface area contributed by atoms with Crippen LogP contribution < -0.4 is 4.74 Å². The zero-order valence-corrected chi connectivity index (χ0v) is 18.1. The molecule has 5 nitrogen and oxygen atoms in total. The third kappa shape index (κ3) is 5.28. The number of unbranched alkanes of at least 4 members (excludes halogenated alkanes) is 1. The second kappa shape index (κ2) is 10.00. The zero-order chi connectivity index (χ0) is 21.6. The Bertz CT molecular complexity index is 992. The van der Waals surface area contributed by atoms with Gasteiger partial charge in [-0.3, -0.25) is 9.69 Å². The van der Waals surface area contributed by atoms with Gasteiger partial charge in [-0.15, -0.1) is 0 Å². The number of carbonyl (C=O) groups is 1. The van der Waals surface area contributed by atoms with Crippen molar-refractivity contribution in [2.45, 2.75) is 38.8 Å². The fraction of sp³-hybridized carbons (Fsp3) is 0.423. The lowest BCUT2D eigenvalue weighted by Gasteiger charge is -2.32. The number of hydrogen-bond donors (Lipinski definition) is 1. The second-order valence-electron chi connectivity index (χ2n) is 8.27. The fourth-order valence-electron chi connectivity index (χ4n) is 4.22. The molecule has 2 aliphatic heterocycles. The summed E-state index contributed by atoms with van der Waals surface area (Å²) in [4.78, 5) is 17.1. The van der Waals surface area contributed by atoms with E-state index in [-0.39, 0.29) is 5.91 Å². The van der Waals surface area contributed by atoms with Crippen LogP contribution in [0.2, 0.25) is 0 Å². The molecule has 0 aromatic heterocycles. The molecule has 0 aliphatic carbocycles. The lowest BCUT2D eigenvalue weighted by molar-refractivity contribution is 0.0501. The molecular weight excluding hydrogens is 388 g/mol. The maximum Gasteiger partial charge on any atom is 0.257 e. The normalized spacial score (nSPS) is 17.0. The van der Waals surface area contributed by atoms with Crippen molar-refractivity contribution < 1.29 is 14.6 Å². The molecule has 0 fully saturated rings. The molecule has 2 aromatic rings. The highest BCUT2D eigenvalue weighted by Gasteiger charge is 2.26. The molecule has 31 heavy (non-hydrogen) atoms. The van der Waals surface area contributed by atoms with Gasteiger partial charge in [-0.05, 0) is 42.2 Å². The van der Waals surface area contributed by atoms with Crippen LogP contribution >= 0.6 is 0 Å². The molecule has 0 saturated heterocycles. The molecule has 0 radical (unpaired) electrons. The molecule has 0 saturated carbocycles. The lowest BCUT2D eigenvalue weighted by atomic mass is 10.00. The number of carbonyl (C=O) groups excluding carboxylic acids is 1. The standard InChI is InChI=1S/C26H30N2O3/c1-2-3-4-7-20-10-11-24-25(16-20)31-15-14-28(26(24)30)19-23(29)18-27-13-12-21-8-5-6-9-22(21)17-27/h5-6,8-11,16,23,29H,2-3,12-15,17-19H2,1H3/t23-/m1/s1. The van der Waals surface area contributed by atoms with Crippen LogP contribution in [-0.2, 0) is 13.0 Å². The van der Waals surface area contributed by atoms with Gasteiger partial charge in [-0.25, -0.2) is 0 Å². The minimum absolute atomic E-state index is 0.0939. The van der Waals surface area contributed by atoms with E-state index in [2.05, 4.69) is 47.9 Å². The highest BCUT2D eigenvalue weighted by molar-refractivity contribution is 5.97. The first kappa shape index (κ1) is 21.4. The Kier molecular flexibility index (Phi) is 6.91. The van der Waals surface area contributed by atoms with Crippen molar-refractivity contribution in [3.8, 4) is 17.6 Å². The second-order valence-corrected chi connectivity index (χ2v) is 8.27. The number of benzene rings is 2. The monoisotopic (exact) mass is 418 g/mol. The van der Waals surface area contributed by atoms with E-state index in [1.54, 1.807) is 11.0 Å². The molecule has 4 rings (SSSR count). The number of nitrogens with zero attached hydrogens (tertiary/aromatic N) is 2. The van der Waals surface area contributed by atoms with Gasteiger partial charge in [0.15, 0.2) is 0 Å². The van der Waals surface area contributed by atoms with Gasteiger partial charge in [-0.1, -0.05) is 43.0 Å². The molecule has 1 N–H and O–H groups in total. The molecule has 2 aliphatic rings. The summed E-state index contributed by atoms with van der Waals surface area (Å²) in [6.07, 6.45) is 2.27. The Morgan fingerprint density at radius 3 is 2.81 bits per heavy atom. The quantitative estimate of drug-likeness (QED) is 0.759. The van der Waals surface area contributed by atoms with Crippen LogP contribution in [0.15, 0.2) is 42.5 Å². The fourth-order valence-corrected chi connectivity index (χ4v) is 4.22. The van der Waals surface area contributed by atoms with E-state index in [1.807, 2.05) is 12.1 Å².